The standard InChI is InChI=1S/C11H10Cl2N2O/c12-9-2-1-8(10(13)6-9)5-11(16)15-4-3-14-7-15/h1-4,6-7,11,16H,5H2. The van der Waals surface area contributed by atoms with Crippen molar-refractivity contribution in [1.82, 2.24) is 9.55 Å². The van der Waals surface area contributed by atoms with Gasteiger partial charge in [0.2, 0.25) is 0 Å². The van der Waals surface area contributed by atoms with Crippen LogP contribution in [0, 0.1) is 0 Å². The van der Waals surface area contributed by atoms with Crippen LogP contribution in [0.25, 0.3) is 0 Å². The van der Waals surface area contributed by atoms with E-state index in [0.717, 1.165) is 5.56 Å². The van der Waals surface area contributed by atoms with E-state index in [2.05, 4.69) is 4.98 Å². The minimum absolute atomic E-state index is 0.423. The molecule has 3 nitrogen and oxygen atoms in total. The van der Waals surface area contributed by atoms with Gasteiger partial charge in [-0.25, -0.2) is 4.98 Å². The van der Waals surface area contributed by atoms with Gasteiger partial charge < -0.3 is 9.67 Å². The fourth-order valence-electron chi connectivity index (χ4n) is 1.44. The number of nitrogens with zero attached hydrogens (tertiary/aromatic N) is 2. The Bertz CT molecular complexity index is 471. The van der Waals surface area contributed by atoms with E-state index in [1.807, 2.05) is 6.07 Å². The normalized spacial score (nSPS) is 12.7. The molecule has 16 heavy (non-hydrogen) atoms. The number of hydrogen-bond donors (Lipinski definition) is 1. The van der Waals surface area contributed by atoms with Crippen molar-refractivity contribution in [3.8, 4) is 0 Å². The van der Waals surface area contributed by atoms with Crippen LogP contribution in [0.2, 0.25) is 10.0 Å². The summed E-state index contributed by atoms with van der Waals surface area (Å²) in [7, 11) is 0. The van der Waals surface area contributed by atoms with Crippen molar-refractivity contribution < 1.29 is 5.11 Å². The summed E-state index contributed by atoms with van der Waals surface area (Å²) in [5.74, 6) is 0. The second-order valence-corrected chi connectivity index (χ2v) is 4.27. The predicted octanol–water partition coefficient (Wildman–Crippen LogP) is 2.92. The van der Waals surface area contributed by atoms with Gasteiger partial charge in [-0.15, -0.1) is 0 Å². The Labute approximate surface area is 103 Å². The molecule has 0 spiro atoms. The van der Waals surface area contributed by atoms with Crippen molar-refractivity contribution in [3.05, 3.63) is 52.5 Å². The highest BCUT2D eigenvalue weighted by Crippen LogP contribution is 2.23. The minimum atomic E-state index is -0.666. The first-order chi connectivity index (χ1) is 7.66. The number of halogens is 2. The molecule has 0 amide bonds. The SMILES string of the molecule is OC(Cc1ccc(Cl)cc1Cl)n1ccnc1. The molecule has 1 aromatic carbocycles. The zero-order chi connectivity index (χ0) is 11.5. The maximum absolute atomic E-state index is 9.89. The van der Waals surface area contributed by atoms with Crippen LogP contribution in [0.3, 0.4) is 0 Å². The lowest BCUT2D eigenvalue weighted by atomic mass is 10.1. The average Bonchev–Trinajstić information content (AvgIpc) is 2.75. The van der Waals surface area contributed by atoms with E-state index in [9.17, 15) is 5.11 Å². The summed E-state index contributed by atoms with van der Waals surface area (Å²) in [5, 5.41) is 11.0. The Hall–Kier alpha value is -1.03. The monoisotopic (exact) mass is 256 g/mol. The van der Waals surface area contributed by atoms with E-state index >= 15 is 0 Å². The molecule has 2 rings (SSSR count). The van der Waals surface area contributed by atoms with Crippen LogP contribution in [0.4, 0.5) is 0 Å². The van der Waals surface area contributed by atoms with Gasteiger partial charge in [-0.05, 0) is 17.7 Å². The van der Waals surface area contributed by atoms with Gasteiger partial charge in [0, 0.05) is 28.9 Å². The van der Waals surface area contributed by atoms with Crippen LogP contribution in [-0.2, 0) is 6.42 Å². The van der Waals surface area contributed by atoms with Gasteiger partial charge >= 0.3 is 0 Å². The summed E-state index contributed by atoms with van der Waals surface area (Å²) >= 11 is 11.8. The average molecular weight is 257 g/mol. The maximum Gasteiger partial charge on any atom is 0.135 e. The maximum atomic E-state index is 9.89. The van der Waals surface area contributed by atoms with Crippen LogP contribution in [0.15, 0.2) is 36.9 Å². The van der Waals surface area contributed by atoms with Gasteiger partial charge in [-0.3, -0.25) is 0 Å². The zero-order valence-electron chi connectivity index (χ0n) is 8.35. The van der Waals surface area contributed by atoms with Crippen molar-refractivity contribution in [3.63, 3.8) is 0 Å². The fraction of sp³-hybridized carbons (Fsp3) is 0.182. The Morgan fingerprint density at radius 1 is 1.38 bits per heavy atom. The van der Waals surface area contributed by atoms with Crippen LogP contribution in [0.5, 0.6) is 0 Å². The van der Waals surface area contributed by atoms with Crippen LogP contribution < -0.4 is 0 Å². The second-order valence-electron chi connectivity index (χ2n) is 3.43. The van der Waals surface area contributed by atoms with E-state index in [0.29, 0.717) is 16.5 Å². The second kappa shape index (κ2) is 4.87. The van der Waals surface area contributed by atoms with Crippen LogP contribution >= 0.6 is 23.2 Å². The van der Waals surface area contributed by atoms with Gasteiger partial charge in [0.15, 0.2) is 0 Å². The summed E-state index contributed by atoms with van der Waals surface area (Å²) in [6.45, 7) is 0. The number of aliphatic hydroxyl groups excluding tert-OH is 1. The highest BCUT2D eigenvalue weighted by atomic mass is 35.5. The molecule has 0 radical (unpaired) electrons. The summed E-state index contributed by atoms with van der Waals surface area (Å²) in [6.07, 6.45) is 4.64. The van der Waals surface area contributed by atoms with Gasteiger partial charge in [-0.2, -0.15) is 0 Å². The Morgan fingerprint density at radius 3 is 2.81 bits per heavy atom. The van der Waals surface area contributed by atoms with E-state index in [-0.39, 0.29) is 0 Å². The number of hydrogen-bond acceptors (Lipinski definition) is 2. The summed E-state index contributed by atoms with van der Waals surface area (Å²) < 4.78 is 1.62. The molecule has 1 heterocycles. The highest BCUT2D eigenvalue weighted by molar-refractivity contribution is 6.35. The smallest absolute Gasteiger partial charge is 0.135 e. The lowest BCUT2D eigenvalue weighted by molar-refractivity contribution is 0.104. The Morgan fingerprint density at radius 2 is 2.19 bits per heavy atom. The first-order valence-corrected chi connectivity index (χ1v) is 5.52. The molecule has 0 fully saturated rings. The number of imidazole rings is 1. The third-order valence-corrected chi connectivity index (χ3v) is 2.87. The first-order valence-electron chi connectivity index (χ1n) is 4.76. The highest BCUT2D eigenvalue weighted by Gasteiger charge is 2.09. The summed E-state index contributed by atoms with van der Waals surface area (Å²) in [6, 6.07) is 5.23. The molecule has 0 aliphatic rings. The molecule has 1 aromatic heterocycles. The van der Waals surface area contributed by atoms with E-state index in [1.54, 1.807) is 35.4 Å². The quantitative estimate of drug-likeness (QED) is 0.917. The molecule has 0 saturated heterocycles. The summed E-state index contributed by atoms with van der Waals surface area (Å²) in [5.41, 5.74) is 0.854. The number of benzene rings is 1. The number of aromatic nitrogens is 2. The lowest BCUT2D eigenvalue weighted by Gasteiger charge is -2.12. The first kappa shape index (κ1) is 11.5. The van der Waals surface area contributed by atoms with Crippen molar-refractivity contribution in [2.24, 2.45) is 0 Å². The van der Waals surface area contributed by atoms with Crippen molar-refractivity contribution in [2.45, 2.75) is 12.6 Å². The molecule has 0 saturated carbocycles. The van der Waals surface area contributed by atoms with Crippen molar-refractivity contribution in [1.29, 1.82) is 0 Å². The molecular formula is C11H10Cl2N2O. The molecule has 84 valence electrons. The molecule has 1 unspecified atom stereocenters. The molecule has 1 N–H and O–H groups in total. The van der Waals surface area contributed by atoms with Crippen molar-refractivity contribution >= 4 is 23.2 Å². The molecule has 0 aliphatic heterocycles. The molecule has 0 aliphatic carbocycles. The third-order valence-electron chi connectivity index (χ3n) is 2.29. The van der Waals surface area contributed by atoms with Gasteiger partial charge in [0.1, 0.15) is 6.23 Å². The molecule has 2 aromatic rings. The van der Waals surface area contributed by atoms with Gasteiger partial charge in [-0.1, -0.05) is 29.3 Å². The van der Waals surface area contributed by atoms with E-state index in [1.165, 1.54) is 0 Å². The molecule has 0 bridgehead atoms. The van der Waals surface area contributed by atoms with E-state index in [4.69, 9.17) is 23.2 Å². The number of aliphatic hydroxyl groups is 1. The predicted molar refractivity (Wildman–Crippen MR) is 63.6 cm³/mol. The van der Waals surface area contributed by atoms with E-state index < -0.39 is 6.23 Å². The fourth-order valence-corrected chi connectivity index (χ4v) is 1.92. The number of rotatable bonds is 3. The third kappa shape index (κ3) is 2.55. The molecular weight excluding hydrogens is 247 g/mol. The van der Waals surface area contributed by atoms with Crippen LogP contribution in [-0.4, -0.2) is 14.7 Å². The van der Waals surface area contributed by atoms with Gasteiger partial charge in [0.25, 0.3) is 0 Å². The van der Waals surface area contributed by atoms with Gasteiger partial charge in [0.05, 0.1) is 6.33 Å². The zero-order valence-corrected chi connectivity index (χ0v) is 9.86. The lowest BCUT2D eigenvalue weighted by Crippen LogP contribution is -2.09. The Balaban J connectivity index is 2.15. The van der Waals surface area contributed by atoms with Crippen molar-refractivity contribution in [2.75, 3.05) is 0 Å². The summed E-state index contributed by atoms with van der Waals surface area (Å²) in [4.78, 5) is 3.87. The molecule has 1 atom stereocenters. The minimum Gasteiger partial charge on any atom is -0.373 e. The largest absolute Gasteiger partial charge is 0.373 e. The topological polar surface area (TPSA) is 38.0 Å². The van der Waals surface area contributed by atoms with Crippen LogP contribution in [0.1, 0.15) is 11.8 Å². The Kier molecular flexibility index (Phi) is 3.49. The molecule has 5 heteroatoms.